The van der Waals surface area contributed by atoms with Crippen molar-refractivity contribution >= 4 is 11.8 Å². The standard InChI is InChI=1S/C18H27FN2OS/c1-13-4-7-21(8-5-13)12-15(22)11-20-17-6-9-23-18-3-2-14(19)10-16(17)18/h2-3,10,13,15,17,20,22H,4-9,11-12H2,1H3. The molecule has 2 aliphatic rings. The zero-order valence-corrected chi connectivity index (χ0v) is 14.6. The van der Waals surface area contributed by atoms with Crippen molar-refractivity contribution in [3.05, 3.63) is 29.6 Å². The largest absolute Gasteiger partial charge is 0.390 e. The van der Waals surface area contributed by atoms with Crippen LogP contribution in [0.25, 0.3) is 0 Å². The molecule has 0 amide bonds. The Labute approximate surface area is 142 Å². The lowest BCUT2D eigenvalue weighted by Gasteiger charge is -2.32. The first-order chi connectivity index (χ1) is 11.1. The Bertz CT molecular complexity index is 520. The van der Waals surface area contributed by atoms with Crippen LogP contribution >= 0.6 is 11.8 Å². The number of rotatable bonds is 5. The van der Waals surface area contributed by atoms with Gasteiger partial charge in [0.25, 0.3) is 0 Å². The van der Waals surface area contributed by atoms with Crippen molar-refractivity contribution in [3.8, 4) is 0 Å². The van der Waals surface area contributed by atoms with Gasteiger partial charge in [0.1, 0.15) is 5.82 Å². The van der Waals surface area contributed by atoms with Crippen molar-refractivity contribution in [2.45, 2.75) is 43.2 Å². The van der Waals surface area contributed by atoms with Gasteiger partial charge in [0.2, 0.25) is 0 Å². The summed E-state index contributed by atoms with van der Waals surface area (Å²) >= 11 is 1.79. The summed E-state index contributed by atoms with van der Waals surface area (Å²) in [4.78, 5) is 3.52. The number of likely N-dealkylation sites (tertiary alicyclic amines) is 1. The highest BCUT2D eigenvalue weighted by molar-refractivity contribution is 7.99. The number of aliphatic hydroxyl groups excluding tert-OH is 1. The number of halogens is 1. The van der Waals surface area contributed by atoms with E-state index in [0.29, 0.717) is 6.54 Å². The van der Waals surface area contributed by atoms with Gasteiger partial charge in [0, 0.05) is 24.0 Å². The summed E-state index contributed by atoms with van der Waals surface area (Å²) in [6.45, 7) is 5.78. The average Bonchev–Trinajstić information content (AvgIpc) is 2.55. The van der Waals surface area contributed by atoms with Crippen LogP contribution in [0.1, 0.15) is 37.8 Å². The maximum Gasteiger partial charge on any atom is 0.123 e. The van der Waals surface area contributed by atoms with E-state index in [0.717, 1.165) is 48.2 Å². The average molecular weight is 338 g/mol. The fourth-order valence-electron chi connectivity index (χ4n) is 3.46. The fourth-order valence-corrected chi connectivity index (χ4v) is 4.57. The summed E-state index contributed by atoms with van der Waals surface area (Å²) in [6.07, 6.45) is 3.07. The van der Waals surface area contributed by atoms with Crippen LogP contribution in [-0.4, -0.2) is 48.0 Å². The first-order valence-electron chi connectivity index (χ1n) is 8.68. The van der Waals surface area contributed by atoms with Crippen LogP contribution in [-0.2, 0) is 0 Å². The van der Waals surface area contributed by atoms with E-state index in [2.05, 4.69) is 17.1 Å². The Morgan fingerprint density at radius 2 is 2.13 bits per heavy atom. The van der Waals surface area contributed by atoms with Crippen LogP contribution in [0.5, 0.6) is 0 Å². The molecule has 0 radical (unpaired) electrons. The number of β-amino-alcohol motifs (C(OH)–C–C–N with tert-alkyl or cyclic N) is 1. The predicted molar refractivity (Wildman–Crippen MR) is 93.3 cm³/mol. The Morgan fingerprint density at radius 3 is 2.91 bits per heavy atom. The van der Waals surface area contributed by atoms with Gasteiger partial charge in [-0.05, 0) is 67.8 Å². The van der Waals surface area contributed by atoms with Crippen molar-refractivity contribution in [1.29, 1.82) is 0 Å². The maximum atomic E-state index is 13.5. The van der Waals surface area contributed by atoms with E-state index in [1.807, 2.05) is 6.07 Å². The number of nitrogens with one attached hydrogen (secondary N) is 1. The van der Waals surface area contributed by atoms with E-state index in [9.17, 15) is 9.50 Å². The van der Waals surface area contributed by atoms with E-state index < -0.39 is 0 Å². The zero-order chi connectivity index (χ0) is 16.2. The fraction of sp³-hybridized carbons (Fsp3) is 0.667. The minimum atomic E-state index is -0.366. The zero-order valence-electron chi connectivity index (χ0n) is 13.8. The Hall–Kier alpha value is -0.620. The second-order valence-electron chi connectivity index (χ2n) is 6.92. The van der Waals surface area contributed by atoms with Crippen LogP contribution in [0.3, 0.4) is 0 Å². The molecule has 0 aromatic heterocycles. The smallest absolute Gasteiger partial charge is 0.123 e. The van der Waals surface area contributed by atoms with Crippen LogP contribution < -0.4 is 5.32 Å². The van der Waals surface area contributed by atoms with Gasteiger partial charge in [-0.25, -0.2) is 4.39 Å². The number of piperidine rings is 1. The topological polar surface area (TPSA) is 35.5 Å². The van der Waals surface area contributed by atoms with E-state index >= 15 is 0 Å². The molecule has 2 unspecified atom stereocenters. The van der Waals surface area contributed by atoms with Crippen molar-refractivity contribution < 1.29 is 9.50 Å². The van der Waals surface area contributed by atoms with Gasteiger partial charge in [-0.3, -0.25) is 0 Å². The molecule has 2 atom stereocenters. The third-order valence-electron chi connectivity index (χ3n) is 4.96. The molecule has 1 aromatic rings. The molecular weight excluding hydrogens is 311 g/mol. The number of nitrogens with zero attached hydrogens (tertiary/aromatic N) is 1. The normalized spacial score (nSPS) is 24.4. The second-order valence-corrected chi connectivity index (χ2v) is 8.05. The Kier molecular flexibility index (Phi) is 5.96. The third kappa shape index (κ3) is 4.69. The molecule has 0 bridgehead atoms. The van der Waals surface area contributed by atoms with E-state index in [-0.39, 0.29) is 18.0 Å². The minimum Gasteiger partial charge on any atom is -0.390 e. The minimum absolute atomic E-state index is 0.151. The highest BCUT2D eigenvalue weighted by atomic mass is 32.2. The van der Waals surface area contributed by atoms with Gasteiger partial charge in [-0.2, -0.15) is 0 Å². The monoisotopic (exact) mass is 338 g/mol. The molecule has 2 aliphatic heterocycles. The summed E-state index contributed by atoms with van der Waals surface area (Å²) in [5, 5.41) is 13.8. The molecule has 1 saturated heterocycles. The molecule has 1 aromatic carbocycles. The first kappa shape index (κ1) is 17.2. The van der Waals surface area contributed by atoms with Gasteiger partial charge in [-0.1, -0.05) is 6.92 Å². The van der Waals surface area contributed by atoms with E-state index in [1.54, 1.807) is 17.8 Å². The number of thioether (sulfide) groups is 1. The van der Waals surface area contributed by atoms with E-state index in [4.69, 9.17) is 0 Å². The lowest BCUT2D eigenvalue weighted by Crippen LogP contribution is -2.42. The lowest BCUT2D eigenvalue weighted by atomic mass is 9.99. The third-order valence-corrected chi connectivity index (χ3v) is 6.08. The molecule has 23 heavy (non-hydrogen) atoms. The van der Waals surface area contributed by atoms with Gasteiger partial charge in [0.05, 0.1) is 6.10 Å². The van der Waals surface area contributed by atoms with Crippen LogP contribution in [0.2, 0.25) is 0 Å². The molecule has 5 heteroatoms. The number of fused-ring (bicyclic) bond motifs is 1. The first-order valence-corrected chi connectivity index (χ1v) is 9.66. The molecule has 2 N–H and O–H groups in total. The van der Waals surface area contributed by atoms with Gasteiger partial charge < -0.3 is 15.3 Å². The van der Waals surface area contributed by atoms with E-state index in [1.165, 1.54) is 18.9 Å². The molecule has 2 heterocycles. The van der Waals surface area contributed by atoms with Crippen LogP contribution in [0.15, 0.2) is 23.1 Å². The highest BCUT2D eigenvalue weighted by Crippen LogP contribution is 2.36. The Balaban J connectivity index is 1.50. The van der Waals surface area contributed by atoms with Crippen LogP contribution in [0, 0.1) is 11.7 Å². The van der Waals surface area contributed by atoms with Crippen LogP contribution in [0.4, 0.5) is 4.39 Å². The molecular formula is C18H27FN2OS. The number of benzene rings is 1. The van der Waals surface area contributed by atoms with Crippen molar-refractivity contribution in [3.63, 3.8) is 0 Å². The predicted octanol–water partition coefficient (Wildman–Crippen LogP) is 3.05. The summed E-state index contributed by atoms with van der Waals surface area (Å²) in [5.41, 5.74) is 1.04. The molecule has 1 fully saturated rings. The number of hydrogen-bond acceptors (Lipinski definition) is 4. The molecule has 0 aliphatic carbocycles. The van der Waals surface area contributed by atoms with Gasteiger partial charge in [-0.15, -0.1) is 11.8 Å². The number of aliphatic hydroxyl groups is 1. The van der Waals surface area contributed by atoms with Crippen molar-refractivity contribution in [2.24, 2.45) is 5.92 Å². The summed E-state index contributed by atoms with van der Waals surface area (Å²) in [6, 6.07) is 5.19. The number of hydrogen-bond donors (Lipinski definition) is 2. The second kappa shape index (κ2) is 7.97. The Morgan fingerprint density at radius 1 is 1.35 bits per heavy atom. The quantitative estimate of drug-likeness (QED) is 0.865. The SMILES string of the molecule is CC1CCN(CC(O)CNC2CCSc3ccc(F)cc32)CC1. The highest BCUT2D eigenvalue weighted by Gasteiger charge is 2.23. The van der Waals surface area contributed by atoms with Crippen molar-refractivity contribution in [1.82, 2.24) is 10.2 Å². The summed E-state index contributed by atoms with van der Waals surface area (Å²) in [7, 11) is 0. The molecule has 128 valence electrons. The molecule has 0 spiro atoms. The lowest BCUT2D eigenvalue weighted by molar-refractivity contribution is 0.0886. The van der Waals surface area contributed by atoms with Gasteiger partial charge in [0.15, 0.2) is 0 Å². The summed E-state index contributed by atoms with van der Waals surface area (Å²) < 4.78 is 13.5. The van der Waals surface area contributed by atoms with Gasteiger partial charge >= 0.3 is 0 Å². The van der Waals surface area contributed by atoms with Crippen molar-refractivity contribution in [2.75, 3.05) is 31.9 Å². The molecule has 3 nitrogen and oxygen atoms in total. The summed E-state index contributed by atoms with van der Waals surface area (Å²) in [5.74, 6) is 1.67. The molecule has 0 saturated carbocycles. The maximum absolute atomic E-state index is 13.5. The molecule has 3 rings (SSSR count).